The molecule has 1 aliphatic rings. The molecule has 22 heavy (non-hydrogen) atoms. The van der Waals surface area contributed by atoms with Crippen molar-refractivity contribution in [3.8, 4) is 0 Å². The number of aromatic nitrogens is 1. The van der Waals surface area contributed by atoms with Gasteiger partial charge in [-0.25, -0.2) is 17.7 Å². The number of rotatable bonds is 3. The molecule has 0 bridgehead atoms. The van der Waals surface area contributed by atoms with E-state index in [4.69, 9.17) is 4.98 Å². The van der Waals surface area contributed by atoms with Crippen LogP contribution in [0.1, 0.15) is 12.8 Å². The lowest BCUT2D eigenvalue weighted by atomic mass is 10.1. The number of anilines is 1. The molecule has 1 aromatic carbocycles. The van der Waals surface area contributed by atoms with Gasteiger partial charge >= 0.3 is 0 Å². The molecule has 1 fully saturated rings. The number of pyridine rings is 1. The molecule has 1 aromatic heterocycles. The lowest BCUT2D eigenvalue weighted by molar-refractivity contribution is 0.313. The minimum Gasteiger partial charge on any atom is -0.356 e. The van der Waals surface area contributed by atoms with Crippen LogP contribution in [0.4, 0.5) is 5.82 Å². The van der Waals surface area contributed by atoms with Crippen LogP contribution in [0.15, 0.2) is 36.4 Å². The largest absolute Gasteiger partial charge is 0.356 e. The predicted molar refractivity (Wildman–Crippen MR) is 89.6 cm³/mol. The Balaban J connectivity index is 1.72. The zero-order valence-electron chi connectivity index (χ0n) is 12.9. The molecule has 3 rings (SSSR count). The van der Waals surface area contributed by atoms with E-state index in [9.17, 15) is 8.42 Å². The summed E-state index contributed by atoms with van der Waals surface area (Å²) in [6.07, 6.45) is 2.93. The van der Waals surface area contributed by atoms with Gasteiger partial charge in [-0.05, 0) is 31.0 Å². The van der Waals surface area contributed by atoms with Crippen molar-refractivity contribution in [3.05, 3.63) is 36.4 Å². The van der Waals surface area contributed by atoms with Gasteiger partial charge in [0.15, 0.2) is 0 Å². The summed E-state index contributed by atoms with van der Waals surface area (Å²) in [6, 6.07) is 12.3. The molecule has 6 heteroatoms. The Labute approximate surface area is 131 Å². The molecule has 2 heterocycles. The first kappa shape index (κ1) is 15.2. The van der Waals surface area contributed by atoms with Crippen LogP contribution >= 0.6 is 0 Å². The number of piperidine rings is 1. The molecule has 5 nitrogen and oxygen atoms in total. The molecule has 2 aromatic rings. The second kappa shape index (κ2) is 5.85. The van der Waals surface area contributed by atoms with Crippen LogP contribution in [0.5, 0.6) is 0 Å². The third-order valence-electron chi connectivity index (χ3n) is 4.41. The zero-order chi connectivity index (χ0) is 15.7. The van der Waals surface area contributed by atoms with Gasteiger partial charge < -0.3 is 4.90 Å². The summed E-state index contributed by atoms with van der Waals surface area (Å²) >= 11 is 0. The summed E-state index contributed by atoms with van der Waals surface area (Å²) in [5, 5.41) is 1.14. The summed E-state index contributed by atoms with van der Waals surface area (Å²) in [7, 11) is -1.44. The van der Waals surface area contributed by atoms with Crippen molar-refractivity contribution < 1.29 is 8.42 Å². The van der Waals surface area contributed by atoms with Gasteiger partial charge in [-0.15, -0.1) is 0 Å². The number of nitrogens with zero attached hydrogens (tertiary/aromatic N) is 3. The van der Waals surface area contributed by atoms with Crippen LogP contribution in [0.2, 0.25) is 0 Å². The topological polar surface area (TPSA) is 53.5 Å². The maximum atomic E-state index is 11.6. The van der Waals surface area contributed by atoms with Gasteiger partial charge in [0.2, 0.25) is 10.0 Å². The van der Waals surface area contributed by atoms with Crippen LogP contribution in [0.25, 0.3) is 10.9 Å². The van der Waals surface area contributed by atoms with Crippen molar-refractivity contribution in [1.29, 1.82) is 0 Å². The Hall–Kier alpha value is -1.66. The second-order valence-electron chi connectivity index (χ2n) is 5.86. The fraction of sp³-hybridized carbons (Fsp3) is 0.438. The first-order chi connectivity index (χ1) is 10.4. The lowest BCUT2D eigenvalue weighted by Crippen LogP contribution is -2.45. The Kier molecular flexibility index (Phi) is 4.06. The second-order valence-corrected chi connectivity index (χ2v) is 7.90. The standard InChI is InChI=1S/C16H21N3O2S/c1-18(22(2,20)21)14-9-11-19(12-10-14)16-8-7-13-5-3-4-6-15(13)17-16/h3-8,14H,9-12H2,1-2H3. The van der Waals surface area contributed by atoms with Gasteiger partial charge in [-0.2, -0.15) is 0 Å². The summed E-state index contributed by atoms with van der Waals surface area (Å²) < 4.78 is 24.8. The number of hydrogen-bond donors (Lipinski definition) is 0. The molecule has 0 N–H and O–H groups in total. The van der Waals surface area contributed by atoms with Gasteiger partial charge in [0, 0.05) is 31.6 Å². The summed E-state index contributed by atoms with van der Waals surface area (Å²) in [4.78, 5) is 6.95. The molecule has 118 valence electrons. The van der Waals surface area contributed by atoms with E-state index in [1.807, 2.05) is 24.3 Å². The number of benzene rings is 1. The quantitative estimate of drug-likeness (QED) is 0.869. The molecular formula is C16H21N3O2S. The average molecular weight is 319 g/mol. The van der Waals surface area contributed by atoms with Gasteiger partial charge in [-0.3, -0.25) is 0 Å². The Morgan fingerprint density at radius 3 is 2.50 bits per heavy atom. The van der Waals surface area contributed by atoms with Crippen molar-refractivity contribution in [2.24, 2.45) is 0 Å². The van der Waals surface area contributed by atoms with Crippen molar-refractivity contribution in [1.82, 2.24) is 9.29 Å². The zero-order valence-corrected chi connectivity index (χ0v) is 13.8. The first-order valence-electron chi connectivity index (χ1n) is 7.49. The molecular weight excluding hydrogens is 298 g/mol. The van der Waals surface area contributed by atoms with Crippen molar-refractivity contribution >= 4 is 26.7 Å². The SMILES string of the molecule is CN(C1CCN(c2ccc3ccccc3n2)CC1)S(C)(=O)=O. The minimum atomic E-state index is -3.11. The number of para-hydroxylation sites is 1. The molecule has 1 aliphatic heterocycles. The van der Waals surface area contributed by atoms with E-state index in [0.717, 1.165) is 42.7 Å². The lowest BCUT2D eigenvalue weighted by Gasteiger charge is -2.36. The van der Waals surface area contributed by atoms with Crippen molar-refractivity contribution in [3.63, 3.8) is 0 Å². The highest BCUT2D eigenvalue weighted by Gasteiger charge is 2.27. The molecule has 0 aliphatic carbocycles. The molecule has 0 amide bonds. The highest BCUT2D eigenvalue weighted by molar-refractivity contribution is 7.88. The third kappa shape index (κ3) is 3.08. The van der Waals surface area contributed by atoms with E-state index in [0.29, 0.717) is 0 Å². The fourth-order valence-electron chi connectivity index (χ4n) is 2.96. The predicted octanol–water partition coefficient (Wildman–Crippen LogP) is 2.10. The molecule has 0 saturated carbocycles. The Morgan fingerprint density at radius 1 is 1.14 bits per heavy atom. The average Bonchev–Trinajstić information content (AvgIpc) is 2.53. The number of fused-ring (bicyclic) bond motifs is 1. The highest BCUT2D eigenvalue weighted by Crippen LogP contribution is 2.23. The van der Waals surface area contributed by atoms with E-state index in [1.165, 1.54) is 10.6 Å². The summed E-state index contributed by atoms with van der Waals surface area (Å²) in [6.45, 7) is 1.66. The van der Waals surface area contributed by atoms with Crippen LogP contribution in [-0.4, -0.2) is 50.1 Å². The smallest absolute Gasteiger partial charge is 0.211 e. The van der Waals surface area contributed by atoms with Gasteiger partial charge in [0.1, 0.15) is 5.82 Å². The number of sulfonamides is 1. The number of hydrogen-bond acceptors (Lipinski definition) is 4. The van der Waals surface area contributed by atoms with Crippen molar-refractivity contribution in [2.45, 2.75) is 18.9 Å². The van der Waals surface area contributed by atoms with Gasteiger partial charge in [-0.1, -0.05) is 18.2 Å². The maximum Gasteiger partial charge on any atom is 0.211 e. The first-order valence-corrected chi connectivity index (χ1v) is 9.34. The summed E-state index contributed by atoms with van der Waals surface area (Å²) in [5.41, 5.74) is 0.996. The Bertz CT molecular complexity index is 768. The molecule has 1 saturated heterocycles. The fourth-order valence-corrected chi connectivity index (χ4v) is 3.71. The summed E-state index contributed by atoms with van der Waals surface area (Å²) in [5.74, 6) is 0.971. The molecule has 0 spiro atoms. The molecule has 0 radical (unpaired) electrons. The molecule has 0 atom stereocenters. The maximum absolute atomic E-state index is 11.6. The van der Waals surface area contributed by atoms with Gasteiger partial charge in [0.05, 0.1) is 11.8 Å². The highest BCUT2D eigenvalue weighted by atomic mass is 32.2. The Morgan fingerprint density at radius 2 is 1.82 bits per heavy atom. The monoisotopic (exact) mass is 319 g/mol. The van der Waals surface area contributed by atoms with Crippen LogP contribution in [0, 0.1) is 0 Å². The van der Waals surface area contributed by atoms with Crippen LogP contribution < -0.4 is 4.90 Å². The van der Waals surface area contributed by atoms with E-state index in [2.05, 4.69) is 17.0 Å². The van der Waals surface area contributed by atoms with Crippen LogP contribution in [0.3, 0.4) is 0 Å². The van der Waals surface area contributed by atoms with E-state index >= 15 is 0 Å². The van der Waals surface area contributed by atoms with E-state index in [1.54, 1.807) is 7.05 Å². The van der Waals surface area contributed by atoms with Crippen LogP contribution in [-0.2, 0) is 10.0 Å². The minimum absolute atomic E-state index is 0.0895. The van der Waals surface area contributed by atoms with Crippen molar-refractivity contribution in [2.75, 3.05) is 31.3 Å². The van der Waals surface area contributed by atoms with Gasteiger partial charge in [0.25, 0.3) is 0 Å². The third-order valence-corrected chi connectivity index (χ3v) is 5.75. The van der Waals surface area contributed by atoms with E-state index in [-0.39, 0.29) is 6.04 Å². The normalized spacial score (nSPS) is 17.3. The van der Waals surface area contributed by atoms with E-state index < -0.39 is 10.0 Å². The molecule has 0 unspecified atom stereocenters.